The summed E-state index contributed by atoms with van der Waals surface area (Å²) in [6, 6.07) is 16.3. The molecule has 164 valence electrons. The van der Waals surface area contributed by atoms with Gasteiger partial charge in [-0.2, -0.15) is 10.2 Å². The lowest BCUT2D eigenvalue weighted by Crippen LogP contribution is -2.38. The molecule has 0 saturated heterocycles. The fraction of sp³-hybridized carbons (Fsp3) is 0.250. The van der Waals surface area contributed by atoms with Crippen LogP contribution in [0.1, 0.15) is 29.9 Å². The highest BCUT2D eigenvalue weighted by Crippen LogP contribution is 2.21. The van der Waals surface area contributed by atoms with Crippen molar-refractivity contribution in [1.82, 2.24) is 24.9 Å². The second-order valence-corrected chi connectivity index (χ2v) is 8.17. The van der Waals surface area contributed by atoms with Gasteiger partial charge in [-0.25, -0.2) is 9.36 Å². The van der Waals surface area contributed by atoms with Crippen LogP contribution in [0.3, 0.4) is 0 Å². The van der Waals surface area contributed by atoms with E-state index < -0.39 is 6.04 Å². The molecule has 0 spiro atoms. The number of rotatable bonds is 6. The van der Waals surface area contributed by atoms with Gasteiger partial charge in [0.05, 0.1) is 22.5 Å². The monoisotopic (exact) mass is 449 g/mol. The van der Waals surface area contributed by atoms with Crippen LogP contribution in [0.15, 0.2) is 59.4 Å². The first-order valence-electron chi connectivity index (χ1n) is 10.4. The Labute approximate surface area is 190 Å². The lowest BCUT2D eigenvalue weighted by atomic mass is 10.1. The van der Waals surface area contributed by atoms with Gasteiger partial charge < -0.3 is 5.32 Å². The minimum absolute atomic E-state index is 0.272. The number of hydrogen-bond donors (Lipinski definition) is 1. The van der Waals surface area contributed by atoms with E-state index in [1.54, 1.807) is 11.6 Å². The van der Waals surface area contributed by atoms with Crippen molar-refractivity contribution in [3.63, 3.8) is 0 Å². The predicted molar refractivity (Wildman–Crippen MR) is 125 cm³/mol. The summed E-state index contributed by atoms with van der Waals surface area (Å²) in [5.74, 6) is -0.272. The molecule has 0 aliphatic heterocycles. The molecule has 4 rings (SSSR count). The second-order valence-electron chi connectivity index (χ2n) is 7.73. The van der Waals surface area contributed by atoms with Crippen LogP contribution >= 0.6 is 11.6 Å². The molecule has 0 fully saturated rings. The van der Waals surface area contributed by atoms with Crippen LogP contribution in [-0.4, -0.2) is 32.0 Å². The zero-order valence-electron chi connectivity index (χ0n) is 18.2. The van der Waals surface area contributed by atoms with E-state index in [9.17, 15) is 9.59 Å². The molecular weight excluding hydrogens is 426 g/mol. The van der Waals surface area contributed by atoms with E-state index in [0.29, 0.717) is 34.6 Å². The number of benzene rings is 2. The van der Waals surface area contributed by atoms with Gasteiger partial charge in [-0.15, -0.1) is 0 Å². The number of hydrogen-bond acceptors (Lipinski definition) is 4. The van der Waals surface area contributed by atoms with Crippen LogP contribution < -0.4 is 10.9 Å². The largest absolute Gasteiger partial charge is 0.354 e. The minimum Gasteiger partial charge on any atom is -0.354 e. The first-order chi connectivity index (χ1) is 15.4. The highest BCUT2D eigenvalue weighted by atomic mass is 35.5. The number of carbonyl (C=O) groups excluding carboxylic acids is 1. The zero-order valence-corrected chi connectivity index (χ0v) is 18.9. The van der Waals surface area contributed by atoms with Gasteiger partial charge in [0.2, 0.25) is 5.91 Å². The number of carbonyl (C=O) groups is 1. The molecule has 0 bridgehead atoms. The summed E-state index contributed by atoms with van der Waals surface area (Å²) < 4.78 is 2.96. The fourth-order valence-corrected chi connectivity index (χ4v) is 3.90. The number of halogens is 1. The molecule has 8 heteroatoms. The lowest BCUT2D eigenvalue weighted by Gasteiger charge is -2.15. The van der Waals surface area contributed by atoms with Gasteiger partial charge in [0.1, 0.15) is 6.04 Å². The van der Waals surface area contributed by atoms with Crippen molar-refractivity contribution < 1.29 is 4.79 Å². The highest BCUT2D eigenvalue weighted by molar-refractivity contribution is 6.30. The topological polar surface area (TPSA) is 81.8 Å². The molecule has 2 heterocycles. The molecule has 1 N–H and O–H groups in total. The van der Waals surface area contributed by atoms with E-state index >= 15 is 0 Å². The summed E-state index contributed by atoms with van der Waals surface area (Å²) in [4.78, 5) is 25.9. The van der Waals surface area contributed by atoms with E-state index in [0.717, 1.165) is 16.9 Å². The molecule has 0 aliphatic rings. The lowest BCUT2D eigenvalue weighted by molar-refractivity contribution is -0.124. The Morgan fingerprint density at radius 3 is 2.44 bits per heavy atom. The van der Waals surface area contributed by atoms with Crippen molar-refractivity contribution in [2.24, 2.45) is 0 Å². The summed E-state index contributed by atoms with van der Waals surface area (Å²) in [5, 5.41) is 13.3. The third-order valence-electron chi connectivity index (χ3n) is 5.52. The Kier molecular flexibility index (Phi) is 6.10. The van der Waals surface area contributed by atoms with Crippen molar-refractivity contribution >= 4 is 28.4 Å². The van der Waals surface area contributed by atoms with Crippen molar-refractivity contribution in [2.45, 2.75) is 33.2 Å². The standard InChI is InChI=1S/C24H24ClN5O2/c1-15-21-16(2)29(20-7-5-4-6-8-20)28-22(21)24(32)30(27-15)17(3)23(31)26-14-13-18-9-11-19(25)12-10-18/h4-12,17H,13-14H2,1-3H3,(H,26,31)/t17-/m0/s1. The van der Waals surface area contributed by atoms with Crippen LogP contribution in [0.2, 0.25) is 5.02 Å². The van der Waals surface area contributed by atoms with Gasteiger partial charge in [0.15, 0.2) is 5.52 Å². The van der Waals surface area contributed by atoms with Crippen molar-refractivity contribution in [3.8, 4) is 5.69 Å². The molecule has 2 aromatic carbocycles. The van der Waals surface area contributed by atoms with E-state index in [1.165, 1.54) is 4.68 Å². The van der Waals surface area contributed by atoms with Gasteiger partial charge in [-0.3, -0.25) is 9.59 Å². The Bertz CT molecular complexity index is 1330. The predicted octanol–water partition coefficient (Wildman–Crippen LogP) is 3.77. The minimum atomic E-state index is -0.766. The van der Waals surface area contributed by atoms with Crippen LogP contribution in [0, 0.1) is 13.8 Å². The van der Waals surface area contributed by atoms with E-state index in [-0.39, 0.29) is 11.5 Å². The highest BCUT2D eigenvalue weighted by Gasteiger charge is 2.23. The molecule has 2 aromatic heterocycles. The Morgan fingerprint density at radius 1 is 1.06 bits per heavy atom. The van der Waals surface area contributed by atoms with Crippen LogP contribution in [0.4, 0.5) is 0 Å². The molecular formula is C24H24ClN5O2. The molecule has 0 saturated carbocycles. The molecule has 0 unspecified atom stereocenters. The molecule has 0 radical (unpaired) electrons. The Balaban J connectivity index is 1.58. The maximum atomic E-state index is 13.2. The maximum absolute atomic E-state index is 13.2. The number of para-hydroxylation sites is 1. The van der Waals surface area contributed by atoms with Gasteiger partial charge in [-0.05, 0) is 57.0 Å². The molecule has 1 atom stereocenters. The first-order valence-corrected chi connectivity index (χ1v) is 10.8. The number of nitrogens with one attached hydrogen (secondary N) is 1. The van der Waals surface area contributed by atoms with Gasteiger partial charge >= 0.3 is 0 Å². The van der Waals surface area contributed by atoms with Crippen molar-refractivity contribution in [3.05, 3.63) is 86.9 Å². The number of aromatic nitrogens is 4. The Morgan fingerprint density at radius 2 is 1.75 bits per heavy atom. The SMILES string of the molecule is Cc1nn([C@@H](C)C(=O)NCCc2ccc(Cl)cc2)c(=O)c2nn(-c3ccccc3)c(C)c12. The molecule has 32 heavy (non-hydrogen) atoms. The van der Waals surface area contributed by atoms with Gasteiger partial charge in [0.25, 0.3) is 5.56 Å². The Hall–Kier alpha value is -3.45. The smallest absolute Gasteiger partial charge is 0.295 e. The first kappa shape index (κ1) is 21.8. The second kappa shape index (κ2) is 8.96. The van der Waals surface area contributed by atoms with Crippen molar-refractivity contribution in [1.29, 1.82) is 0 Å². The van der Waals surface area contributed by atoms with Crippen LogP contribution in [-0.2, 0) is 11.2 Å². The number of nitrogens with zero attached hydrogens (tertiary/aromatic N) is 4. The quantitative estimate of drug-likeness (QED) is 0.485. The molecule has 4 aromatic rings. The third-order valence-corrected chi connectivity index (χ3v) is 5.77. The van der Waals surface area contributed by atoms with E-state index in [4.69, 9.17) is 11.6 Å². The average Bonchev–Trinajstić information content (AvgIpc) is 3.15. The van der Waals surface area contributed by atoms with Crippen LogP contribution in [0.25, 0.3) is 16.6 Å². The van der Waals surface area contributed by atoms with Crippen LogP contribution in [0.5, 0.6) is 0 Å². The van der Waals surface area contributed by atoms with Gasteiger partial charge in [0, 0.05) is 11.6 Å². The average molecular weight is 450 g/mol. The van der Waals surface area contributed by atoms with Crippen molar-refractivity contribution in [2.75, 3.05) is 6.54 Å². The number of amides is 1. The summed E-state index contributed by atoms with van der Waals surface area (Å²) in [7, 11) is 0. The van der Waals surface area contributed by atoms with E-state index in [1.807, 2.05) is 68.4 Å². The fourth-order valence-electron chi connectivity index (χ4n) is 3.77. The van der Waals surface area contributed by atoms with E-state index in [2.05, 4.69) is 15.5 Å². The summed E-state index contributed by atoms with van der Waals surface area (Å²) in [5.41, 5.74) is 3.33. The molecule has 0 aliphatic carbocycles. The van der Waals surface area contributed by atoms with Gasteiger partial charge in [-0.1, -0.05) is 41.9 Å². The molecule has 1 amide bonds. The zero-order chi connectivity index (χ0) is 22.8. The third kappa shape index (κ3) is 4.16. The summed E-state index contributed by atoms with van der Waals surface area (Å²) in [6.45, 7) is 5.85. The molecule has 7 nitrogen and oxygen atoms in total. The maximum Gasteiger partial charge on any atom is 0.295 e. The summed E-state index contributed by atoms with van der Waals surface area (Å²) in [6.07, 6.45) is 0.663. The number of fused-ring (bicyclic) bond motifs is 1. The summed E-state index contributed by atoms with van der Waals surface area (Å²) >= 11 is 5.90. The number of aryl methyl sites for hydroxylation is 2. The normalized spacial score (nSPS) is 12.1.